The van der Waals surface area contributed by atoms with Crippen LogP contribution in [0.2, 0.25) is 0 Å². The van der Waals surface area contributed by atoms with E-state index in [1.54, 1.807) is 11.3 Å². The van der Waals surface area contributed by atoms with Crippen LogP contribution in [-0.2, 0) is 16.1 Å². The van der Waals surface area contributed by atoms with Crippen LogP contribution in [0.15, 0.2) is 11.4 Å². The van der Waals surface area contributed by atoms with Crippen molar-refractivity contribution in [2.75, 3.05) is 14.2 Å². The molecule has 0 aliphatic carbocycles. The second-order valence-corrected chi connectivity index (χ2v) is 5.43. The molecule has 0 aliphatic rings. The molecule has 0 N–H and O–H groups in total. The Morgan fingerprint density at radius 2 is 2.19 bits per heavy atom. The normalized spacial score (nSPS) is 11.9. The maximum atomic E-state index is 11.6. The van der Waals surface area contributed by atoms with E-state index >= 15 is 0 Å². The second kappa shape index (κ2) is 4.97. The monoisotopic (exact) mass is 241 g/mol. The molecule has 0 amide bonds. The van der Waals surface area contributed by atoms with Crippen LogP contribution in [0.1, 0.15) is 24.3 Å². The quantitative estimate of drug-likeness (QED) is 0.758. The predicted molar refractivity (Wildman–Crippen MR) is 66.6 cm³/mol. The lowest BCUT2D eigenvalue weighted by Crippen LogP contribution is -2.48. The zero-order valence-corrected chi connectivity index (χ0v) is 11.4. The molecule has 0 unspecified atom stereocenters. The average molecular weight is 241 g/mol. The molecular formula is C12H19NO2S. The van der Waals surface area contributed by atoms with E-state index in [1.807, 2.05) is 25.8 Å². The third kappa shape index (κ3) is 2.62. The molecule has 3 nitrogen and oxygen atoms in total. The summed E-state index contributed by atoms with van der Waals surface area (Å²) in [5.74, 6) is -0.204. The Hall–Kier alpha value is -0.870. The van der Waals surface area contributed by atoms with Crippen LogP contribution in [-0.4, -0.2) is 30.6 Å². The third-order valence-electron chi connectivity index (χ3n) is 2.99. The standard InChI is InChI=1S/C12H19NO2S/c1-9-6-7-16-10(9)8-13(4)12(2,3)11(14)15-5/h6-7H,8H2,1-5H3. The molecule has 0 saturated heterocycles. The van der Waals surface area contributed by atoms with Crippen LogP contribution in [0, 0.1) is 6.92 Å². The van der Waals surface area contributed by atoms with Crippen LogP contribution in [0.4, 0.5) is 0 Å². The Kier molecular flexibility index (Phi) is 4.10. The highest BCUT2D eigenvalue weighted by molar-refractivity contribution is 7.10. The lowest BCUT2D eigenvalue weighted by molar-refractivity contribution is -0.152. The molecular weight excluding hydrogens is 222 g/mol. The Morgan fingerprint density at radius 1 is 1.56 bits per heavy atom. The van der Waals surface area contributed by atoms with Gasteiger partial charge in [0.1, 0.15) is 5.54 Å². The van der Waals surface area contributed by atoms with Crippen molar-refractivity contribution in [1.82, 2.24) is 4.90 Å². The topological polar surface area (TPSA) is 29.5 Å². The third-order valence-corrected chi connectivity index (χ3v) is 4.00. The molecule has 0 bridgehead atoms. The molecule has 1 heterocycles. The minimum absolute atomic E-state index is 0.204. The molecule has 4 heteroatoms. The van der Waals surface area contributed by atoms with Gasteiger partial charge in [-0.3, -0.25) is 9.69 Å². The van der Waals surface area contributed by atoms with Gasteiger partial charge in [0.25, 0.3) is 0 Å². The van der Waals surface area contributed by atoms with E-state index < -0.39 is 5.54 Å². The molecule has 1 aromatic heterocycles. The molecule has 0 aliphatic heterocycles. The predicted octanol–water partition coefficient (Wildman–Crippen LogP) is 2.44. The van der Waals surface area contributed by atoms with Crippen LogP contribution in [0.5, 0.6) is 0 Å². The molecule has 0 spiro atoms. The molecule has 0 fully saturated rings. The number of likely N-dealkylation sites (N-methyl/N-ethyl adjacent to an activating group) is 1. The van der Waals surface area contributed by atoms with Crippen molar-refractivity contribution in [1.29, 1.82) is 0 Å². The van der Waals surface area contributed by atoms with Gasteiger partial charge in [-0.2, -0.15) is 0 Å². The number of hydrogen-bond acceptors (Lipinski definition) is 4. The van der Waals surface area contributed by atoms with Gasteiger partial charge in [0, 0.05) is 11.4 Å². The number of rotatable bonds is 4. The largest absolute Gasteiger partial charge is 0.468 e. The molecule has 0 aromatic carbocycles. The number of carbonyl (C=O) groups excluding carboxylic acids is 1. The molecule has 0 radical (unpaired) electrons. The lowest BCUT2D eigenvalue weighted by Gasteiger charge is -2.32. The van der Waals surface area contributed by atoms with Crippen molar-refractivity contribution in [2.24, 2.45) is 0 Å². The fourth-order valence-electron chi connectivity index (χ4n) is 1.38. The van der Waals surface area contributed by atoms with Gasteiger partial charge in [-0.15, -0.1) is 11.3 Å². The van der Waals surface area contributed by atoms with Crippen molar-refractivity contribution >= 4 is 17.3 Å². The van der Waals surface area contributed by atoms with Crippen molar-refractivity contribution in [3.05, 3.63) is 21.9 Å². The van der Waals surface area contributed by atoms with Gasteiger partial charge in [-0.25, -0.2) is 0 Å². The summed E-state index contributed by atoms with van der Waals surface area (Å²) in [5, 5.41) is 2.07. The molecule has 16 heavy (non-hydrogen) atoms. The van der Waals surface area contributed by atoms with Crippen LogP contribution >= 0.6 is 11.3 Å². The van der Waals surface area contributed by atoms with E-state index in [0.29, 0.717) is 0 Å². The summed E-state index contributed by atoms with van der Waals surface area (Å²) in [6.07, 6.45) is 0. The van der Waals surface area contributed by atoms with Crippen LogP contribution in [0.25, 0.3) is 0 Å². The van der Waals surface area contributed by atoms with Gasteiger partial charge in [0.05, 0.1) is 7.11 Å². The van der Waals surface area contributed by atoms with E-state index in [0.717, 1.165) is 6.54 Å². The Morgan fingerprint density at radius 3 is 2.62 bits per heavy atom. The first-order valence-corrected chi connectivity index (χ1v) is 6.10. The minimum atomic E-state index is -0.592. The number of aryl methyl sites for hydroxylation is 1. The Bertz CT molecular complexity index is 371. The Balaban J connectivity index is 2.75. The second-order valence-electron chi connectivity index (χ2n) is 4.43. The highest BCUT2D eigenvalue weighted by atomic mass is 32.1. The van der Waals surface area contributed by atoms with Crippen molar-refractivity contribution in [3.63, 3.8) is 0 Å². The zero-order chi connectivity index (χ0) is 12.3. The van der Waals surface area contributed by atoms with Crippen molar-refractivity contribution in [3.8, 4) is 0 Å². The number of methoxy groups -OCH3 is 1. The molecule has 1 rings (SSSR count). The van der Waals surface area contributed by atoms with Gasteiger partial charge in [0.15, 0.2) is 0 Å². The van der Waals surface area contributed by atoms with Crippen molar-refractivity contribution < 1.29 is 9.53 Å². The van der Waals surface area contributed by atoms with E-state index in [-0.39, 0.29) is 5.97 Å². The minimum Gasteiger partial charge on any atom is -0.468 e. The van der Waals surface area contributed by atoms with Gasteiger partial charge in [-0.05, 0) is 44.8 Å². The summed E-state index contributed by atoms with van der Waals surface area (Å²) in [7, 11) is 3.37. The molecule has 90 valence electrons. The number of esters is 1. The lowest BCUT2D eigenvalue weighted by atomic mass is 10.0. The van der Waals surface area contributed by atoms with E-state index in [1.165, 1.54) is 17.6 Å². The fraction of sp³-hybridized carbons (Fsp3) is 0.583. The Labute approximate surface area is 101 Å². The van der Waals surface area contributed by atoms with Gasteiger partial charge in [0.2, 0.25) is 0 Å². The summed E-state index contributed by atoms with van der Waals surface area (Å²) in [6.45, 7) is 6.61. The molecule has 1 aromatic rings. The SMILES string of the molecule is COC(=O)C(C)(C)N(C)Cc1sccc1C. The highest BCUT2D eigenvalue weighted by Crippen LogP contribution is 2.22. The fourth-order valence-corrected chi connectivity index (χ4v) is 2.34. The molecule has 0 atom stereocenters. The maximum absolute atomic E-state index is 11.6. The number of carbonyl (C=O) groups is 1. The van der Waals surface area contributed by atoms with Crippen LogP contribution in [0.3, 0.4) is 0 Å². The van der Waals surface area contributed by atoms with E-state index in [9.17, 15) is 4.79 Å². The van der Waals surface area contributed by atoms with Gasteiger partial charge >= 0.3 is 5.97 Å². The smallest absolute Gasteiger partial charge is 0.325 e. The maximum Gasteiger partial charge on any atom is 0.325 e. The highest BCUT2D eigenvalue weighted by Gasteiger charge is 2.33. The summed E-state index contributed by atoms with van der Waals surface area (Å²) < 4.78 is 4.81. The van der Waals surface area contributed by atoms with E-state index in [2.05, 4.69) is 18.4 Å². The number of thiophene rings is 1. The first-order valence-electron chi connectivity index (χ1n) is 5.22. The zero-order valence-electron chi connectivity index (χ0n) is 10.5. The first-order chi connectivity index (χ1) is 7.39. The first kappa shape index (κ1) is 13.2. The van der Waals surface area contributed by atoms with Crippen molar-refractivity contribution in [2.45, 2.75) is 32.9 Å². The van der Waals surface area contributed by atoms with Crippen LogP contribution < -0.4 is 0 Å². The van der Waals surface area contributed by atoms with E-state index in [4.69, 9.17) is 4.74 Å². The average Bonchev–Trinajstić information content (AvgIpc) is 2.63. The van der Waals surface area contributed by atoms with Gasteiger partial charge in [-0.1, -0.05) is 0 Å². The van der Waals surface area contributed by atoms with Gasteiger partial charge < -0.3 is 4.74 Å². The number of nitrogens with zero attached hydrogens (tertiary/aromatic N) is 1. The summed E-state index contributed by atoms with van der Waals surface area (Å²) in [5.41, 5.74) is 0.683. The molecule has 0 saturated carbocycles. The summed E-state index contributed by atoms with van der Waals surface area (Å²) >= 11 is 1.72. The summed E-state index contributed by atoms with van der Waals surface area (Å²) in [6, 6.07) is 2.10. The number of ether oxygens (including phenoxy) is 1. The number of hydrogen-bond donors (Lipinski definition) is 0. The summed E-state index contributed by atoms with van der Waals surface area (Å²) in [4.78, 5) is 14.9.